The Kier molecular flexibility index (Phi) is 6.52. The lowest BCUT2D eigenvalue weighted by molar-refractivity contribution is -0.120. The fourth-order valence-corrected chi connectivity index (χ4v) is 4.64. The third-order valence-electron chi connectivity index (χ3n) is 6.41. The SMILES string of the molecule is COc1ccc(N(Cc2cccnc2)c2cccc(C3NC(=O)NC3=O)c2)cc1OC1CCCC1. The molecule has 1 aliphatic heterocycles. The molecular formula is C27H28N4O4. The van der Waals surface area contributed by atoms with E-state index in [1.807, 2.05) is 60.8 Å². The molecule has 1 aromatic heterocycles. The molecule has 1 unspecified atom stereocenters. The minimum Gasteiger partial charge on any atom is -0.493 e. The summed E-state index contributed by atoms with van der Waals surface area (Å²) in [4.78, 5) is 30.3. The van der Waals surface area contributed by atoms with E-state index in [1.165, 1.54) is 12.8 Å². The van der Waals surface area contributed by atoms with Gasteiger partial charge in [0.15, 0.2) is 11.5 Å². The highest BCUT2D eigenvalue weighted by atomic mass is 16.5. The number of methoxy groups -OCH3 is 1. The number of hydrogen-bond acceptors (Lipinski definition) is 6. The lowest BCUT2D eigenvalue weighted by Gasteiger charge is -2.27. The van der Waals surface area contributed by atoms with Crippen LogP contribution >= 0.6 is 0 Å². The molecule has 1 atom stereocenters. The molecule has 2 fully saturated rings. The Morgan fingerprint density at radius 2 is 1.83 bits per heavy atom. The van der Waals surface area contributed by atoms with Crippen LogP contribution in [0.1, 0.15) is 42.9 Å². The van der Waals surface area contributed by atoms with Crippen molar-refractivity contribution < 1.29 is 19.1 Å². The monoisotopic (exact) mass is 472 g/mol. The van der Waals surface area contributed by atoms with Gasteiger partial charge in [-0.3, -0.25) is 15.1 Å². The predicted molar refractivity (Wildman–Crippen MR) is 132 cm³/mol. The van der Waals surface area contributed by atoms with Crippen LogP contribution in [-0.2, 0) is 11.3 Å². The number of pyridine rings is 1. The second-order valence-corrected chi connectivity index (χ2v) is 8.80. The largest absolute Gasteiger partial charge is 0.493 e. The molecule has 3 aromatic rings. The van der Waals surface area contributed by atoms with Gasteiger partial charge in [0.25, 0.3) is 5.91 Å². The standard InChI is InChI=1S/C27H28N4O4/c1-34-23-12-11-21(15-24(23)35-22-9-2-3-10-22)31(17-18-6-5-13-28-16-18)20-8-4-7-19(14-20)25-26(32)30-27(33)29-25/h4-8,11-16,22,25H,2-3,9-10,17H2,1H3,(H2,29,30,32,33). The van der Waals surface area contributed by atoms with Gasteiger partial charge in [0.2, 0.25) is 0 Å². The van der Waals surface area contributed by atoms with Crippen molar-refractivity contribution in [2.75, 3.05) is 12.0 Å². The zero-order valence-electron chi connectivity index (χ0n) is 19.6. The fourth-order valence-electron chi connectivity index (χ4n) is 4.64. The quantitative estimate of drug-likeness (QED) is 0.465. The highest BCUT2D eigenvalue weighted by molar-refractivity contribution is 6.04. The first-order valence-electron chi connectivity index (χ1n) is 11.8. The topological polar surface area (TPSA) is 92.8 Å². The average molecular weight is 473 g/mol. The molecule has 3 amide bonds. The van der Waals surface area contributed by atoms with E-state index in [-0.39, 0.29) is 12.0 Å². The van der Waals surface area contributed by atoms with E-state index in [0.29, 0.717) is 23.6 Å². The van der Waals surface area contributed by atoms with Gasteiger partial charge < -0.3 is 19.7 Å². The van der Waals surface area contributed by atoms with Crippen LogP contribution in [0.2, 0.25) is 0 Å². The molecule has 8 nitrogen and oxygen atoms in total. The van der Waals surface area contributed by atoms with Gasteiger partial charge in [-0.05, 0) is 67.1 Å². The predicted octanol–water partition coefficient (Wildman–Crippen LogP) is 4.63. The first kappa shape index (κ1) is 22.7. The molecule has 8 heteroatoms. The van der Waals surface area contributed by atoms with Crippen LogP contribution in [0.25, 0.3) is 0 Å². The molecule has 180 valence electrons. The molecule has 5 rings (SSSR count). The number of nitrogens with one attached hydrogen (secondary N) is 2. The molecule has 2 N–H and O–H groups in total. The molecule has 0 spiro atoms. The normalized spacial score (nSPS) is 17.7. The van der Waals surface area contributed by atoms with E-state index in [4.69, 9.17) is 9.47 Å². The molecule has 2 heterocycles. The van der Waals surface area contributed by atoms with Crippen LogP contribution in [0.15, 0.2) is 67.0 Å². The van der Waals surface area contributed by atoms with E-state index in [2.05, 4.69) is 20.5 Å². The van der Waals surface area contributed by atoms with Gasteiger partial charge in [0.1, 0.15) is 6.04 Å². The van der Waals surface area contributed by atoms with Crippen molar-refractivity contribution in [3.8, 4) is 11.5 Å². The summed E-state index contributed by atoms with van der Waals surface area (Å²) < 4.78 is 11.9. The number of urea groups is 1. The Hall–Kier alpha value is -4.07. The average Bonchev–Trinajstić information content (AvgIpc) is 3.52. The van der Waals surface area contributed by atoms with Gasteiger partial charge >= 0.3 is 6.03 Å². The number of imide groups is 1. The van der Waals surface area contributed by atoms with Crippen LogP contribution < -0.4 is 25.0 Å². The molecule has 0 radical (unpaired) electrons. The summed E-state index contributed by atoms with van der Waals surface area (Å²) in [5.41, 5.74) is 3.52. The second-order valence-electron chi connectivity index (χ2n) is 8.80. The molecule has 1 aliphatic carbocycles. The van der Waals surface area contributed by atoms with Crippen molar-refractivity contribution in [3.63, 3.8) is 0 Å². The summed E-state index contributed by atoms with van der Waals surface area (Å²) in [6.07, 6.45) is 8.22. The zero-order chi connectivity index (χ0) is 24.2. The van der Waals surface area contributed by atoms with Crippen molar-refractivity contribution in [2.45, 2.75) is 44.4 Å². The number of nitrogens with zero attached hydrogens (tertiary/aromatic N) is 2. The van der Waals surface area contributed by atoms with Crippen molar-refractivity contribution in [3.05, 3.63) is 78.1 Å². The maximum absolute atomic E-state index is 12.3. The summed E-state index contributed by atoms with van der Waals surface area (Å²) in [7, 11) is 1.65. The van der Waals surface area contributed by atoms with Crippen molar-refractivity contribution in [2.24, 2.45) is 0 Å². The van der Waals surface area contributed by atoms with E-state index in [0.717, 1.165) is 29.8 Å². The lowest BCUT2D eigenvalue weighted by atomic mass is 10.1. The van der Waals surface area contributed by atoms with Gasteiger partial charge in [0, 0.05) is 36.4 Å². The first-order valence-corrected chi connectivity index (χ1v) is 11.8. The Bertz CT molecular complexity index is 1210. The van der Waals surface area contributed by atoms with Crippen molar-refractivity contribution in [1.82, 2.24) is 15.6 Å². The van der Waals surface area contributed by atoms with Crippen molar-refractivity contribution in [1.29, 1.82) is 0 Å². The third kappa shape index (κ3) is 5.06. The van der Waals surface area contributed by atoms with Crippen LogP contribution in [-0.4, -0.2) is 30.1 Å². The van der Waals surface area contributed by atoms with Crippen LogP contribution in [0.3, 0.4) is 0 Å². The Balaban J connectivity index is 1.52. The number of carbonyl (C=O) groups is 2. The molecular weight excluding hydrogens is 444 g/mol. The van der Waals surface area contributed by atoms with Gasteiger partial charge in [-0.1, -0.05) is 18.2 Å². The van der Waals surface area contributed by atoms with Crippen LogP contribution in [0.5, 0.6) is 11.5 Å². The highest BCUT2D eigenvalue weighted by Gasteiger charge is 2.31. The summed E-state index contributed by atoms with van der Waals surface area (Å²) in [6.45, 7) is 0.551. The number of carbonyl (C=O) groups excluding carboxylic acids is 2. The maximum atomic E-state index is 12.3. The summed E-state index contributed by atoms with van der Waals surface area (Å²) >= 11 is 0. The Morgan fingerprint density at radius 1 is 1.00 bits per heavy atom. The zero-order valence-corrected chi connectivity index (χ0v) is 19.6. The number of amides is 3. The summed E-state index contributed by atoms with van der Waals surface area (Å²) in [5, 5.41) is 4.97. The summed E-state index contributed by atoms with van der Waals surface area (Å²) in [5.74, 6) is 1.05. The molecule has 0 bridgehead atoms. The van der Waals surface area contributed by atoms with Gasteiger partial charge in [-0.2, -0.15) is 0 Å². The molecule has 35 heavy (non-hydrogen) atoms. The minimum atomic E-state index is -0.722. The lowest BCUT2D eigenvalue weighted by Crippen LogP contribution is -2.22. The number of benzene rings is 2. The van der Waals surface area contributed by atoms with E-state index < -0.39 is 12.1 Å². The second kappa shape index (κ2) is 10.0. The highest BCUT2D eigenvalue weighted by Crippen LogP contribution is 2.38. The van der Waals surface area contributed by atoms with E-state index >= 15 is 0 Å². The number of ether oxygens (including phenoxy) is 2. The maximum Gasteiger partial charge on any atom is 0.322 e. The fraction of sp³-hybridized carbons (Fsp3) is 0.296. The number of rotatable bonds is 8. The Morgan fingerprint density at radius 3 is 2.54 bits per heavy atom. The van der Waals surface area contributed by atoms with Crippen molar-refractivity contribution >= 4 is 23.3 Å². The van der Waals surface area contributed by atoms with E-state index in [1.54, 1.807) is 13.3 Å². The first-order chi connectivity index (χ1) is 17.1. The molecule has 1 saturated heterocycles. The number of hydrogen-bond donors (Lipinski definition) is 2. The molecule has 2 aliphatic rings. The molecule has 1 saturated carbocycles. The smallest absolute Gasteiger partial charge is 0.322 e. The van der Waals surface area contributed by atoms with Crippen LogP contribution in [0.4, 0.5) is 16.2 Å². The summed E-state index contributed by atoms with van der Waals surface area (Å²) in [6, 6.07) is 16.3. The van der Waals surface area contributed by atoms with Crippen LogP contribution in [0, 0.1) is 0 Å². The Labute approximate surface area is 204 Å². The van der Waals surface area contributed by atoms with Gasteiger partial charge in [0.05, 0.1) is 13.2 Å². The number of aromatic nitrogens is 1. The molecule has 2 aromatic carbocycles. The van der Waals surface area contributed by atoms with Gasteiger partial charge in [-0.15, -0.1) is 0 Å². The van der Waals surface area contributed by atoms with Gasteiger partial charge in [-0.25, -0.2) is 4.79 Å². The number of anilines is 2. The minimum absolute atomic E-state index is 0.193. The van der Waals surface area contributed by atoms with E-state index in [9.17, 15) is 9.59 Å². The third-order valence-corrected chi connectivity index (χ3v) is 6.41.